The molecule has 1 aromatic heterocycles. The standard InChI is InChI=1S/C22H18FN3O3/c1-3-10-29-19-11-14(4-9-18(19)28-2)17-12-20(27)25-22-21(17)24-13-26(22)16-7-5-15(23)6-8-16/h1,4-9,11,13,17H,10,12H2,2H3,(H,25,27)/t17-/m0/s1. The Kier molecular flexibility index (Phi) is 4.92. The maximum absolute atomic E-state index is 13.3. The highest BCUT2D eigenvalue weighted by Crippen LogP contribution is 2.40. The predicted molar refractivity (Wildman–Crippen MR) is 106 cm³/mol. The first kappa shape index (κ1) is 18.6. The summed E-state index contributed by atoms with van der Waals surface area (Å²) in [6, 6.07) is 11.5. The topological polar surface area (TPSA) is 65.4 Å². The van der Waals surface area contributed by atoms with Gasteiger partial charge in [-0.2, -0.15) is 0 Å². The van der Waals surface area contributed by atoms with Crippen LogP contribution in [0.4, 0.5) is 10.2 Å². The van der Waals surface area contributed by atoms with Crippen LogP contribution < -0.4 is 14.8 Å². The molecule has 146 valence electrons. The Labute approximate surface area is 167 Å². The number of fused-ring (bicyclic) bond motifs is 1. The molecule has 0 saturated heterocycles. The van der Waals surface area contributed by atoms with Crippen molar-refractivity contribution in [3.63, 3.8) is 0 Å². The highest BCUT2D eigenvalue weighted by molar-refractivity contribution is 5.94. The van der Waals surface area contributed by atoms with Gasteiger partial charge in [-0.15, -0.1) is 6.42 Å². The molecule has 3 aromatic rings. The van der Waals surface area contributed by atoms with Crippen molar-refractivity contribution in [3.05, 3.63) is 65.9 Å². The lowest BCUT2D eigenvalue weighted by molar-refractivity contribution is -0.116. The SMILES string of the molecule is C#CCOc1cc([C@@H]2CC(=O)Nc3c2ncn3-c2ccc(F)cc2)ccc1OC. The number of ether oxygens (including phenoxy) is 2. The zero-order chi connectivity index (χ0) is 20.4. The van der Waals surface area contributed by atoms with Crippen LogP contribution >= 0.6 is 0 Å². The fraction of sp³-hybridized carbons (Fsp3) is 0.182. The summed E-state index contributed by atoms with van der Waals surface area (Å²) in [4.78, 5) is 17.0. The lowest BCUT2D eigenvalue weighted by atomic mass is 9.89. The van der Waals surface area contributed by atoms with Crippen LogP contribution in [0.1, 0.15) is 23.6 Å². The second kappa shape index (κ2) is 7.68. The van der Waals surface area contributed by atoms with Crippen LogP contribution in [0.15, 0.2) is 48.8 Å². The molecule has 1 N–H and O–H groups in total. The zero-order valence-corrected chi connectivity index (χ0v) is 15.7. The third-order valence-corrected chi connectivity index (χ3v) is 4.78. The van der Waals surface area contributed by atoms with Crippen molar-refractivity contribution in [2.45, 2.75) is 12.3 Å². The number of carbonyl (C=O) groups is 1. The number of amides is 1. The third-order valence-electron chi connectivity index (χ3n) is 4.78. The van der Waals surface area contributed by atoms with E-state index < -0.39 is 0 Å². The summed E-state index contributed by atoms with van der Waals surface area (Å²) in [6.07, 6.45) is 7.16. The van der Waals surface area contributed by atoms with E-state index in [0.717, 1.165) is 11.3 Å². The van der Waals surface area contributed by atoms with E-state index in [1.54, 1.807) is 36.2 Å². The van der Waals surface area contributed by atoms with Gasteiger partial charge in [0.25, 0.3) is 0 Å². The van der Waals surface area contributed by atoms with Gasteiger partial charge in [0.1, 0.15) is 24.6 Å². The molecule has 6 nitrogen and oxygen atoms in total. The maximum Gasteiger partial charge on any atom is 0.226 e. The van der Waals surface area contributed by atoms with Gasteiger partial charge in [0.15, 0.2) is 11.5 Å². The molecule has 0 radical (unpaired) electrons. The van der Waals surface area contributed by atoms with E-state index in [2.05, 4.69) is 16.2 Å². The Balaban J connectivity index is 1.75. The van der Waals surface area contributed by atoms with Gasteiger partial charge in [-0.25, -0.2) is 9.37 Å². The summed E-state index contributed by atoms with van der Waals surface area (Å²) < 4.78 is 25.9. The monoisotopic (exact) mass is 391 g/mol. The Morgan fingerprint density at radius 2 is 2.07 bits per heavy atom. The summed E-state index contributed by atoms with van der Waals surface area (Å²) in [6.45, 7) is 0.107. The highest BCUT2D eigenvalue weighted by atomic mass is 19.1. The van der Waals surface area contributed by atoms with Crippen molar-refractivity contribution in [1.82, 2.24) is 9.55 Å². The molecule has 1 aliphatic rings. The van der Waals surface area contributed by atoms with Crippen molar-refractivity contribution < 1.29 is 18.7 Å². The van der Waals surface area contributed by atoms with Crippen LogP contribution in [0.3, 0.4) is 0 Å². The fourth-order valence-corrected chi connectivity index (χ4v) is 3.42. The minimum atomic E-state index is -0.331. The summed E-state index contributed by atoms with van der Waals surface area (Å²) >= 11 is 0. The Hall–Kier alpha value is -3.79. The Morgan fingerprint density at radius 3 is 2.79 bits per heavy atom. The average molecular weight is 391 g/mol. The third kappa shape index (κ3) is 3.52. The highest BCUT2D eigenvalue weighted by Gasteiger charge is 2.31. The van der Waals surface area contributed by atoms with Crippen molar-refractivity contribution in [1.29, 1.82) is 0 Å². The number of methoxy groups -OCH3 is 1. The van der Waals surface area contributed by atoms with E-state index in [-0.39, 0.29) is 30.7 Å². The summed E-state index contributed by atoms with van der Waals surface area (Å²) in [5.74, 6) is 3.34. The smallest absolute Gasteiger partial charge is 0.226 e. The molecule has 4 rings (SSSR count). The Morgan fingerprint density at radius 1 is 1.28 bits per heavy atom. The first-order chi connectivity index (χ1) is 14.1. The molecule has 2 aromatic carbocycles. The van der Waals surface area contributed by atoms with Crippen LogP contribution in [-0.4, -0.2) is 29.2 Å². The molecule has 1 atom stereocenters. The second-order valence-electron chi connectivity index (χ2n) is 6.53. The molecular formula is C22H18FN3O3. The van der Waals surface area contributed by atoms with E-state index in [0.29, 0.717) is 23.0 Å². The number of halogens is 1. The molecule has 0 spiro atoms. The first-order valence-corrected chi connectivity index (χ1v) is 8.98. The van der Waals surface area contributed by atoms with Gasteiger partial charge in [0, 0.05) is 18.0 Å². The minimum Gasteiger partial charge on any atom is -0.493 e. The lowest BCUT2D eigenvalue weighted by Gasteiger charge is -2.24. The Bertz CT molecular complexity index is 1100. The van der Waals surface area contributed by atoms with Gasteiger partial charge in [-0.1, -0.05) is 12.0 Å². The second-order valence-corrected chi connectivity index (χ2v) is 6.53. The molecule has 7 heteroatoms. The lowest BCUT2D eigenvalue weighted by Crippen LogP contribution is -2.25. The van der Waals surface area contributed by atoms with E-state index in [1.165, 1.54) is 12.1 Å². The number of carbonyl (C=O) groups excluding carboxylic acids is 1. The summed E-state index contributed by atoms with van der Waals surface area (Å²) in [5.41, 5.74) is 2.29. The molecule has 0 aliphatic carbocycles. The number of imidazole rings is 1. The van der Waals surface area contributed by atoms with Gasteiger partial charge in [0.2, 0.25) is 5.91 Å². The van der Waals surface area contributed by atoms with E-state index in [4.69, 9.17) is 15.9 Å². The number of rotatable bonds is 5. The average Bonchev–Trinajstić information content (AvgIpc) is 3.15. The number of terminal acetylenes is 1. The number of hydrogen-bond donors (Lipinski definition) is 1. The number of aromatic nitrogens is 2. The van der Waals surface area contributed by atoms with Crippen molar-refractivity contribution in [2.24, 2.45) is 0 Å². The van der Waals surface area contributed by atoms with E-state index in [9.17, 15) is 9.18 Å². The van der Waals surface area contributed by atoms with Crippen molar-refractivity contribution >= 4 is 11.7 Å². The van der Waals surface area contributed by atoms with Crippen LogP contribution in [0, 0.1) is 18.2 Å². The van der Waals surface area contributed by atoms with Crippen molar-refractivity contribution in [3.8, 4) is 29.5 Å². The van der Waals surface area contributed by atoms with E-state index >= 15 is 0 Å². The fourth-order valence-electron chi connectivity index (χ4n) is 3.42. The van der Waals surface area contributed by atoms with Gasteiger partial charge in [-0.05, 0) is 42.0 Å². The molecule has 0 saturated carbocycles. The van der Waals surface area contributed by atoms with Crippen LogP contribution in [-0.2, 0) is 4.79 Å². The number of hydrogen-bond acceptors (Lipinski definition) is 4. The van der Waals surface area contributed by atoms with Crippen LogP contribution in [0.5, 0.6) is 11.5 Å². The largest absolute Gasteiger partial charge is 0.493 e. The quantitative estimate of drug-likeness (QED) is 0.676. The number of benzene rings is 2. The molecule has 1 aliphatic heterocycles. The normalized spacial score (nSPS) is 15.2. The molecule has 2 heterocycles. The number of anilines is 1. The maximum atomic E-state index is 13.3. The molecule has 29 heavy (non-hydrogen) atoms. The zero-order valence-electron chi connectivity index (χ0n) is 15.7. The molecule has 0 unspecified atom stereocenters. The van der Waals surface area contributed by atoms with Crippen LogP contribution in [0.25, 0.3) is 5.69 Å². The van der Waals surface area contributed by atoms with Gasteiger partial charge >= 0.3 is 0 Å². The van der Waals surface area contributed by atoms with Gasteiger partial charge in [0.05, 0.1) is 12.8 Å². The first-order valence-electron chi connectivity index (χ1n) is 8.98. The number of nitrogens with one attached hydrogen (secondary N) is 1. The van der Waals surface area contributed by atoms with Gasteiger partial charge in [-0.3, -0.25) is 9.36 Å². The molecular weight excluding hydrogens is 373 g/mol. The van der Waals surface area contributed by atoms with Crippen LogP contribution in [0.2, 0.25) is 0 Å². The van der Waals surface area contributed by atoms with Crippen molar-refractivity contribution in [2.75, 3.05) is 19.0 Å². The molecule has 1 amide bonds. The summed E-state index contributed by atoms with van der Waals surface area (Å²) in [5, 5.41) is 2.88. The molecule has 0 bridgehead atoms. The summed E-state index contributed by atoms with van der Waals surface area (Å²) in [7, 11) is 1.55. The minimum absolute atomic E-state index is 0.107. The van der Waals surface area contributed by atoms with Gasteiger partial charge < -0.3 is 14.8 Å². The predicted octanol–water partition coefficient (Wildman–Crippen LogP) is 3.51. The van der Waals surface area contributed by atoms with E-state index in [1.807, 2.05) is 12.1 Å². The molecule has 0 fully saturated rings. The number of nitrogens with zero attached hydrogens (tertiary/aromatic N) is 2.